The zero-order valence-electron chi connectivity index (χ0n) is 19.2. The normalized spacial score (nSPS) is 16.1. The van der Waals surface area contributed by atoms with E-state index in [-0.39, 0.29) is 34.9 Å². The highest BCUT2D eigenvalue weighted by molar-refractivity contribution is 7.99. The summed E-state index contributed by atoms with van der Waals surface area (Å²) in [5, 5.41) is 3.50. The lowest BCUT2D eigenvalue weighted by molar-refractivity contribution is 0.0946. The molecule has 3 aromatic rings. The number of thioether (sulfide) groups is 1. The Kier molecular flexibility index (Phi) is 6.08. The van der Waals surface area contributed by atoms with Crippen molar-refractivity contribution < 1.29 is 14.3 Å². The van der Waals surface area contributed by atoms with Crippen LogP contribution in [0, 0.1) is 12.8 Å². The molecule has 0 spiro atoms. The number of carbonyl (C=O) groups is 1. The van der Waals surface area contributed by atoms with Gasteiger partial charge in [0.15, 0.2) is 16.9 Å². The predicted molar refractivity (Wildman–Crippen MR) is 134 cm³/mol. The van der Waals surface area contributed by atoms with Gasteiger partial charge in [-0.2, -0.15) is 0 Å². The zero-order chi connectivity index (χ0) is 24.0. The highest BCUT2D eigenvalue weighted by Crippen LogP contribution is 2.47. The van der Waals surface area contributed by atoms with E-state index < -0.39 is 0 Å². The number of nitrogens with one attached hydrogen (secondary N) is 1. The Balaban J connectivity index is 1.69. The molecule has 1 atom stereocenters. The molecule has 6 nitrogen and oxygen atoms in total. The van der Waals surface area contributed by atoms with Crippen LogP contribution in [0.15, 0.2) is 52.2 Å². The number of hydrogen-bond acceptors (Lipinski definition) is 5. The van der Waals surface area contributed by atoms with E-state index in [1.54, 1.807) is 11.8 Å². The quantitative estimate of drug-likeness (QED) is 0.530. The fourth-order valence-electron chi connectivity index (χ4n) is 4.39. The van der Waals surface area contributed by atoms with Crippen LogP contribution in [0.5, 0.6) is 11.5 Å². The molecule has 5 rings (SSSR count). The number of halogens is 1. The number of carbonyl (C=O) groups excluding carboxylic acids is 1. The molecule has 8 heteroatoms. The second-order valence-corrected chi connectivity index (χ2v) is 10.6. The Labute approximate surface area is 207 Å². The minimum atomic E-state index is -0.339. The molecule has 34 heavy (non-hydrogen) atoms. The van der Waals surface area contributed by atoms with Gasteiger partial charge in [0.25, 0.3) is 5.91 Å². The minimum Gasteiger partial charge on any atom is -0.454 e. The molecule has 0 fully saturated rings. The van der Waals surface area contributed by atoms with Gasteiger partial charge in [0.1, 0.15) is 5.56 Å². The number of pyridine rings is 1. The van der Waals surface area contributed by atoms with Gasteiger partial charge in [0, 0.05) is 45.6 Å². The maximum absolute atomic E-state index is 13.2. The Morgan fingerprint density at radius 1 is 1.18 bits per heavy atom. The molecule has 0 saturated carbocycles. The number of aryl methyl sites for hydroxylation is 1. The smallest absolute Gasteiger partial charge is 0.257 e. The molecule has 1 amide bonds. The average molecular weight is 497 g/mol. The van der Waals surface area contributed by atoms with Crippen molar-refractivity contribution in [2.24, 2.45) is 5.92 Å². The average Bonchev–Trinajstić information content (AvgIpc) is 3.19. The van der Waals surface area contributed by atoms with Crippen LogP contribution in [-0.2, 0) is 6.42 Å². The summed E-state index contributed by atoms with van der Waals surface area (Å²) in [7, 11) is 0. The van der Waals surface area contributed by atoms with Crippen molar-refractivity contribution in [3.8, 4) is 17.2 Å². The van der Waals surface area contributed by atoms with Crippen molar-refractivity contribution in [2.45, 2.75) is 37.3 Å². The second kappa shape index (κ2) is 9.04. The van der Waals surface area contributed by atoms with E-state index in [9.17, 15) is 9.59 Å². The molecule has 0 aliphatic carbocycles. The Bertz CT molecular complexity index is 1350. The van der Waals surface area contributed by atoms with Gasteiger partial charge in [-0.25, -0.2) is 0 Å². The van der Waals surface area contributed by atoms with Crippen LogP contribution in [0.3, 0.4) is 0 Å². The van der Waals surface area contributed by atoms with Crippen molar-refractivity contribution in [3.63, 3.8) is 0 Å². The molecule has 0 bridgehead atoms. The van der Waals surface area contributed by atoms with E-state index in [2.05, 4.69) is 5.32 Å². The van der Waals surface area contributed by atoms with Gasteiger partial charge in [0.05, 0.1) is 5.69 Å². The lowest BCUT2D eigenvalue weighted by Crippen LogP contribution is -2.34. The Morgan fingerprint density at radius 2 is 1.97 bits per heavy atom. The maximum atomic E-state index is 13.2. The number of amides is 1. The first-order valence-corrected chi connectivity index (χ1v) is 12.5. The number of benzene rings is 2. The molecular formula is C26H25ClN2O4S. The van der Waals surface area contributed by atoms with Gasteiger partial charge in [0.2, 0.25) is 6.79 Å². The van der Waals surface area contributed by atoms with E-state index in [1.165, 1.54) is 6.07 Å². The van der Waals surface area contributed by atoms with Crippen molar-refractivity contribution in [2.75, 3.05) is 13.3 Å². The van der Waals surface area contributed by atoms with Crippen molar-refractivity contribution >= 4 is 29.3 Å². The SMILES string of the molecule is Cc1cc(=O)c(C(=O)NCC(C)C)c2n1-c1ccc(Cl)cc1SC(c1ccc3c(c1)OCO3)C2. The first-order chi connectivity index (χ1) is 16.3. The van der Waals surface area contributed by atoms with Crippen LogP contribution in [0.4, 0.5) is 0 Å². The molecule has 1 unspecified atom stereocenters. The number of aromatic nitrogens is 1. The summed E-state index contributed by atoms with van der Waals surface area (Å²) in [6.07, 6.45) is 0.484. The molecule has 3 heterocycles. The van der Waals surface area contributed by atoms with Crippen LogP contribution in [0.1, 0.15) is 46.4 Å². The number of hydrogen-bond donors (Lipinski definition) is 1. The molecule has 1 N–H and O–H groups in total. The van der Waals surface area contributed by atoms with E-state index in [0.717, 1.165) is 21.8 Å². The lowest BCUT2D eigenvalue weighted by atomic mass is 10.0. The van der Waals surface area contributed by atoms with Gasteiger partial charge in [-0.1, -0.05) is 31.5 Å². The van der Waals surface area contributed by atoms with E-state index in [0.29, 0.717) is 35.2 Å². The van der Waals surface area contributed by atoms with E-state index in [4.69, 9.17) is 21.1 Å². The highest BCUT2D eigenvalue weighted by atomic mass is 35.5. The van der Waals surface area contributed by atoms with Gasteiger partial charge in [-0.3, -0.25) is 9.59 Å². The lowest BCUT2D eigenvalue weighted by Gasteiger charge is -2.20. The second-order valence-electron chi connectivity index (χ2n) is 8.95. The maximum Gasteiger partial charge on any atom is 0.257 e. The molecule has 0 radical (unpaired) electrons. The van der Waals surface area contributed by atoms with Crippen molar-refractivity contribution in [1.29, 1.82) is 0 Å². The fraction of sp³-hybridized carbons (Fsp3) is 0.308. The Morgan fingerprint density at radius 3 is 2.76 bits per heavy atom. The third kappa shape index (κ3) is 4.18. The van der Waals surface area contributed by atoms with Crippen molar-refractivity contribution in [3.05, 3.63) is 80.2 Å². The van der Waals surface area contributed by atoms with Gasteiger partial charge < -0.3 is 19.4 Å². The number of fused-ring (bicyclic) bond motifs is 4. The van der Waals surface area contributed by atoms with Gasteiger partial charge in [-0.15, -0.1) is 11.8 Å². The fourth-order valence-corrected chi connectivity index (χ4v) is 5.93. The summed E-state index contributed by atoms with van der Waals surface area (Å²) in [6, 6.07) is 13.2. The van der Waals surface area contributed by atoms with E-state index in [1.807, 2.05) is 61.7 Å². The van der Waals surface area contributed by atoms with Crippen LogP contribution in [0.2, 0.25) is 5.02 Å². The molecule has 2 aromatic carbocycles. The van der Waals surface area contributed by atoms with Crippen LogP contribution in [-0.4, -0.2) is 23.8 Å². The summed E-state index contributed by atoms with van der Waals surface area (Å²) in [4.78, 5) is 27.4. The van der Waals surface area contributed by atoms with Gasteiger partial charge >= 0.3 is 0 Å². The summed E-state index contributed by atoms with van der Waals surface area (Å²) in [6.45, 7) is 6.64. The first-order valence-electron chi connectivity index (χ1n) is 11.2. The van der Waals surface area contributed by atoms with Gasteiger partial charge in [-0.05, 0) is 48.7 Å². The summed E-state index contributed by atoms with van der Waals surface area (Å²) >= 11 is 8.04. The number of nitrogens with zero attached hydrogens (tertiary/aromatic N) is 1. The molecule has 176 valence electrons. The minimum absolute atomic E-state index is 0.0710. The highest BCUT2D eigenvalue weighted by Gasteiger charge is 2.30. The summed E-state index contributed by atoms with van der Waals surface area (Å²) in [5.74, 6) is 1.35. The Hall–Kier alpha value is -2.90. The van der Waals surface area contributed by atoms with Crippen LogP contribution >= 0.6 is 23.4 Å². The third-order valence-corrected chi connectivity index (χ3v) is 7.51. The third-order valence-electron chi connectivity index (χ3n) is 5.97. The van der Waals surface area contributed by atoms with E-state index >= 15 is 0 Å². The molecule has 1 aromatic heterocycles. The van der Waals surface area contributed by atoms with Crippen molar-refractivity contribution in [1.82, 2.24) is 9.88 Å². The number of ether oxygens (including phenoxy) is 2. The van der Waals surface area contributed by atoms with Crippen LogP contribution in [0.25, 0.3) is 5.69 Å². The molecular weight excluding hydrogens is 472 g/mol. The summed E-state index contributed by atoms with van der Waals surface area (Å²) < 4.78 is 13.1. The topological polar surface area (TPSA) is 69.6 Å². The molecule has 0 saturated heterocycles. The first kappa shape index (κ1) is 22.9. The number of rotatable bonds is 4. The molecule has 2 aliphatic heterocycles. The largest absolute Gasteiger partial charge is 0.454 e. The van der Waals surface area contributed by atoms with Crippen LogP contribution < -0.4 is 20.2 Å². The zero-order valence-corrected chi connectivity index (χ0v) is 20.8. The summed E-state index contributed by atoms with van der Waals surface area (Å²) in [5.41, 5.74) is 3.33. The predicted octanol–water partition coefficient (Wildman–Crippen LogP) is 5.30. The molecule has 2 aliphatic rings. The standard InChI is InChI=1S/C26H25ClN2O4S/c1-14(2)12-28-26(31)25-19-11-23(16-4-7-21-22(9-16)33-13-32-21)34-24-10-17(27)5-6-18(24)29(19)15(3)8-20(25)30/h4-10,14,23H,11-13H2,1-3H3,(H,28,31). The monoisotopic (exact) mass is 496 g/mol.